The van der Waals surface area contributed by atoms with Crippen LogP contribution < -0.4 is 0 Å². The minimum atomic E-state index is 0.717. The first-order chi connectivity index (χ1) is 10.0. The van der Waals surface area contributed by atoms with E-state index < -0.39 is 0 Å². The fourth-order valence-corrected chi connectivity index (χ4v) is 2.34. The normalized spacial score (nSPS) is 16.6. The van der Waals surface area contributed by atoms with E-state index in [1.165, 1.54) is 22.5 Å². The molecule has 118 valence electrons. The molecule has 1 heteroatoms. The van der Waals surface area contributed by atoms with Crippen LogP contribution in [0.3, 0.4) is 0 Å². The standard InChI is InChI=1S/C16H22N.2C2H6/c1-7-11-14-13(9-3)16(12-8-2)17(5,6)15(14)10-4;2*1-2/h7-12H,3-4H2,1-2,5-6H3;2*1-2H3/q+1;;/b11-7-,12-8-;;. The summed E-state index contributed by atoms with van der Waals surface area (Å²) in [6.45, 7) is 19.9. The Kier molecular flexibility index (Phi) is 11.5. The SMILES string of the molecule is C=CC1=C(/C=C\C)[N+](C)(C)C(C=C)=C1/C=C\C.CC.CC. The van der Waals surface area contributed by atoms with Crippen LogP contribution >= 0.6 is 0 Å². The molecule has 0 fully saturated rings. The largest absolute Gasteiger partial charge is 0.263 e. The van der Waals surface area contributed by atoms with Crippen molar-refractivity contribution in [3.63, 3.8) is 0 Å². The zero-order valence-corrected chi connectivity index (χ0v) is 15.3. The van der Waals surface area contributed by atoms with Crippen LogP contribution in [-0.2, 0) is 0 Å². The van der Waals surface area contributed by atoms with Gasteiger partial charge in [0.25, 0.3) is 0 Å². The van der Waals surface area contributed by atoms with Gasteiger partial charge in [-0.25, -0.2) is 0 Å². The van der Waals surface area contributed by atoms with Crippen molar-refractivity contribution in [1.29, 1.82) is 0 Å². The summed E-state index contributed by atoms with van der Waals surface area (Å²) in [4.78, 5) is 0. The average Bonchev–Trinajstić information content (AvgIpc) is 2.71. The van der Waals surface area contributed by atoms with E-state index in [4.69, 9.17) is 0 Å². The molecule has 0 bridgehead atoms. The van der Waals surface area contributed by atoms with E-state index in [0.29, 0.717) is 0 Å². The van der Waals surface area contributed by atoms with Gasteiger partial charge in [0, 0.05) is 11.1 Å². The minimum absolute atomic E-state index is 0.717. The van der Waals surface area contributed by atoms with Crippen LogP contribution in [-0.4, -0.2) is 18.6 Å². The highest BCUT2D eigenvalue weighted by Crippen LogP contribution is 2.39. The second-order valence-electron chi connectivity index (χ2n) is 4.46. The van der Waals surface area contributed by atoms with Gasteiger partial charge in [0.2, 0.25) is 0 Å². The van der Waals surface area contributed by atoms with Gasteiger partial charge in [-0.15, -0.1) is 0 Å². The quantitative estimate of drug-likeness (QED) is 0.543. The van der Waals surface area contributed by atoms with Crippen molar-refractivity contribution in [2.45, 2.75) is 41.5 Å². The summed E-state index contributed by atoms with van der Waals surface area (Å²) in [5.41, 5.74) is 4.88. The molecular weight excluding hydrogens is 254 g/mol. The second-order valence-corrected chi connectivity index (χ2v) is 4.46. The molecule has 0 unspecified atom stereocenters. The van der Waals surface area contributed by atoms with E-state index in [-0.39, 0.29) is 0 Å². The summed E-state index contributed by atoms with van der Waals surface area (Å²) in [5.74, 6) is 0. The third-order valence-corrected chi connectivity index (χ3v) is 3.10. The Labute approximate surface area is 133 Å². The van der Waals surface area contributed by atoms with Crippen molar-refractivity contribution in [3.05, 3.63) is 72.2 Å². The molecule has 0 aromatic heterocycles. The monoisotopic (exact) mass is 288 g/mol. The fraction of sp³-hybridized carbons (Fsp3) is 0.400. The van der Waals surface area contributed by atoms with Crippen molar-refractivity contribution in [2.24, 2.45) is 0 Å². The predicted molar refractivity (Wildman–Crippen MR) is 98.9 cm³/mol. The van der Waals surface area contributed by atoms with E-state index >= 15 is 0 Å². The van der Waals surface area contributed by atoms with Crippen LogP contribution in [0.15, 0.2) is 72.2 Å². The van der Waals surface area contributed by atoms with Crippen LogP contribution in [0.25, 0.3) is 0 Å². The van der Waals surface area contributed by atoms with Crippen molar-refractivity contribution < 1.29 is 4.48 Å². The zero-order chi connectivity index (χ0) is 17.1. The average molecular weight is 288 g/mol. The third kappa shape index (κ3) is 4.71. The molecule has 0 aromatic carbocycles. The Morgan fingerprint density at radius 1 is 0.714 bits per heavy atom. The van der Waals surface area contributed by atoms with Gasteiger partial charge in [0.15, 0.2) is 0 Å². The van der Waals surface area contributed by atoms with Crippen molar-refractivity contribution >= 4 is 0 Å². The van der Waals surface area contributed by atoms with Crippen LogP contribution in [0, 0.1) is 0 Å². The highest BCUT2D eigenvalue weighted by atomic mass is 15.3. The van der Waals surface area contributed by atoms with Gasteiger partial charge in [-0.1, -0.05) is 65.2 Å². The summed E-state index contributed by atoms with van der Waals surface area (Å²) >= 11 is 0. The zero-order valence-electron chi connectivity index (χ0n) is 15.3. The van der Waals surface area contributed by atoms with Gasteiger partial charge in [0.05, 0.1) is 14.1 Å². The van der Waals surface area contributed by atoms with Crippen LogP contribution in [0.2, 0.25) is 0 Å². The maximum atomic E-state index is 3.94. The number of hydrogen-bond acceptors (Lipinski definition) is 0. The molecule has 1 heterocycles. The molecule has 1 aliphatic heterocycles. The molecule has 0 amide bonds. The molecule has 0 N–H and O–H groups in total. The number of allylic oxidation sites excluding steroid dienone is 8. The summed E-state index contributed by atoms with van der Waals surface area (Å²) < 4.78 is 0.717. The number of nitrogens with zero attached hydrogens (tertiary/aromatic N) is 1. The van der Waals surface area contributed by atoms with Gasteiger partial charge in [0.1, 0.15) is 11.4 Å². The smallest absolute Gasteiger partial charge is 0.145 e. The lowest BCUT2D eigenvalue weighted by Crippen LogP contribution is -2.34. The van der Waals surface area contributed by atoms with E-state index in [9.17, 15) is 0 Å². The molecule has 0 saturated heterocycles. The molecule has 1 rings (SSSR count). The van der Waals surface area contributed by atoms with Gasteiger partial charge in [-0.3, -0.25) is 4.48 Å². The summed E-state index contributed by atoms with van der Waals surface area (Å²) in [6, 6.07) is 0. The highest BCUT2D eigenvalue weighted by Gasteiger charge is 2.36. The van der Waals surface area contributed by atoms with E-state index in [2.05, 4.69) is 51.6 Å². The van der Waals surface area contributed by atoms with Crippen LogP contribution in [0.5, 0.6) is 0 Å². The van der Waals surface area contributed by atoms with Crippen LogP contribution in [0.4, 0.5) is 0 Å². The molecule has 0 radical (unpaired) electrons. The van der Waals surface area contributed by atoms with Crippen molar-refractivity contribution in [1.82, 2.24) is 0 Å². The lowest BCUT2D eigenvalue weighted by atomic mass is 10.0. The first-order valence-electron chi connectivity index (χ1n) is 7.88. The lowest BCUT2D eigenvalue weighted by Gasteiger charge is -2.27. The number of hydrogen-bond donors (Lipinski definition) is 0. The lowest BCUT2D eigenvalue weighted by molar-refractivity contribution is -0.804. The Bertz CT molecular complexity index is 454. The molecule has 0 aromatic rings. The van der Waals surface area contributed by atoms with Crippen molar-refractivity contribution in [3.8, 4) is 0 Å². The Morgan fingerprint density at radius 2 is 1.19 bits per heavy atom. The Hall–Kier alpha value is -1.60. The predicted octanol–water partition coefficient (Wildman–Crippen LogP) is 6.16. The van der Waals surface area contributed by atoms with E-state index in [1.54, 1.807) is 0 Å². The number of likely N-dealkylation sites (N-methyl/N-ethyl adjacent to an activating group) is 1. The molecule has 0 spiro atoms. The Balaban J connectivity index is 0. The molecular formula is C20H34N+. The number of quaternary nitrogens is 1. The highest BCUT2D eigenvalue weighted by molar-refractivity contribution is 5.56. The van der Waals surface area contributed by atoms with E-state index in [1.807, 2.05) is 53.7 Å². The molecule has 21 heavy (non-hydrogen) atoms. The molecule has 1 aliphatic rings. The Morgan fingerprint density at radius 3 is 1.52 bits per heavy atom. The first kappa shape index (κ1) is 21.7. The maximum absolute atomic E-state index is 3.94. The molecule has 1 nitrogen and oxygen atoms in total. The first-order valence-corrected chi connectivity index (χ1v) is 7.88. The minimum Gasteiger partial charge on any atom is -0.263 e. The fourth-order valence-electron chi connectivity index (χ4n) is 2.34. The summed E-state index contributed by atoms with van der Waals surface area (Å²) in [7, 11) is 4.35. The molecule has 0 saturated carbocycles. The summed E-state index contributed by atoms with van der Waals surface area (Å²) in [5, 5.41) is 0. The topological polar surface area (TPSA) is 0 Å². The van der Waals surface area contributed by atoms with Gasteiger partial charge in [-0.2, -0.15) is 0 Å². The molecule has 0 aliphatic carbocycles. The molecule has 0 atom stereocenters. The number of rotatable bonds is 4. The van der Waals surface area contributed by atoms with E-state index in [0.717, 1.165) is 4.48 Å². The third-order valence-electron chi connectivity index (χ3n) is 3.10. The van der Waals surface area contributed by atoms with Crippen LogP contribution in [0.1, 0.15) is 41.5 Å². The van der Waals surface area contributed by atoms with Gasteiger partial charge >= 0.3 is 0 Å². The van der Waals surface area contributed by atoms with Gasteiger partial charge < -0.3 is 0 Å². The maximum Gasteiger partial charge on any atom is 0.145 e. The summed E-state index contributed by atoms with van der Waals surface area (Å²) in [6.07, 6.45) is 12.3. The van der Waals surface area contributed by atoms with Gasteiger partial charge in [-0.05, 0) is 26.0 Å². The van der Waals surface area contributed by atoms with Crippen molar-refractivity contribution in [2.75, 3.05) is 14.1 Å². The second kappa shape index (κ2) is 11.1.